The molecule has 0 fully saturated rings. The SMILES string of the molecule is Nc1nc(C(F)F)c(O)cc1S(N)(=O)=O. The standard InChI is InChI=1S/C6H7F2N3O3S/c7-5(8)4-2(12)1-3(6(9)11-4)15(10,13)14/h1,5,12H,(H2,9,11)(H2,10,13,14). The van der Waals surface area contributed by atoms with Crippen LogP contribution in [0.2, 0.25) is 0 Å². The lowest BCUT2D eigenvalue weighted by molar-refractivity contribution is 0.142. The van der Waals surface area contributed by atoms with Crippen molar-refractivity contribution >= 4 is 15.8 Å². The number of primary sulfonamides is 1. The summed E-state index contributed by atoms with van der Waals surface area (Å²) in [7, 11) is -4.19. The summed E-state index contributed by atoms with van der Waals surface area (Å²) in [4.78, 5) is 2.37. The van der Waals surface area contributed by atoms with Crippen molar-refractivity contribution in [2.75, 3.05) is 5.73 Å². The van der Waals surface area contributed by atoms with Crippen LogP contribution in [-0.4, -0.2) is 18.5 Å². The summed E-state index contributed by atoms with van der Waals surface area (Å²) in [6.45, 7) is 0. The number of nitrogen functional groups attached to an aromatic ring is 1. The maximum Gasteiger partial charge on any atom is 0.284 e. The van der Waals surface area contributed by atoms with Gasteiger partial charge >= 0.3 is 0 Å². The Balaban J connectivity index is 3.46. The molecule has 15 heavy (non-hydrogen) atoms. The van der Waals surface area contributed by atoms with Gasteiger partial charge in [-0.15, -0.1) is 0 Å². The van der Waals surface area contributed by atoms with E-state index in [9.17, 15) is 17.2 Å². The molecule has 1 rings (SSSR count). The van der Waals surface area contributed by atoms with Crippen molar-refractivity contribution in [3.8, 4) is 5.75 Å². The average Bonchev–Trinajstić information content (AvgIpc) is 2.06. The lowest BCUT2D eigenvalue weighted by Crippen LogP contribution is -2.15. The van der Waals surface area contributed by atoms with E-state index in [1.807, 2.05) is 0 Å². The zero-order chi connectivity index (χ0) is 11.8. The summed E-state index contributed by atoms with van der Waals surface area (Å²) in [5.41, 5.74) is 4.11. The quantitative estimate of drug-likeness (QED) is 0.668. The first-order valence-electron chi connectivity index (χ1n) is 3.54. The Morgan fingerprint density at radius 1 is 1.47 bits per heavy atom. The van der Waals surface area contributed by atoms with Gasteiger partial charge in [-0.3, -0.25) is 0 Å². The summed E-state index contributed by atoms with van der Waals surface area (Å²) in [5, 5.41) is 13.7. The highest BCUT2D eigenvalue weighted by molar-refractivity contribution is 7.89. The van der Waals surface area contributed by atoms with Gasteiger partial charge in [0.25, 0.3) is 6.43 Å². The molecule has 0 spiro atoms. The summed E-state index contributed by atoms with van der Waals surface area (Å²) < 4.78 is 46.0. The van der Waals surface area contributed by atoms with Gasteiger partial charge in [0.2, 0.25) is 10.0 Å². The number of alkyl halides is 2. The van der Waals surface area contributed by atoms with Gasteiger partial charge in [0.15, 0.2) is 5.69 Å². The number of pyridine rings is 1. The van der Waals surface area contributed by atoms with Crippen LogP contribution in [0.5, 0.6) is 5.75 Å². The number of nitrogens with two attached hydrogens (primary N) is 2. The Morgan fingerprint density at radius 2 is 2.00 bits per heavy atom. The molecule has 0 aliphatic rings. The van der Waals surface area contributed by atoms with E-state index >= 15 is 0 Å². The highest BCUT2D eigenvalue weighted by Crippen LogP contribution is 2.30. The Labute approximate surface area is 83.6 Å². The molecule has 1 aromatic heterocycles. The summed E-state index contributed by atoms with van der Waals surface area (Å²) >= 11 is 0. The van der Waals surface area contributed by atoms with Crippen molar-refractivity contribution in [3.05, 3.63) is 11.8 Å². The molecule has 6 nitrogen and oxygen atoms in total. The molecule has 0 radical (unpaired) electrons. The third kappa shape index (κ3) is 2.30. The molecular formula is C6H7F2N3O3S. The van der Waals surface area contributed by atoms with Crippen LogP contribution in [-0.2, 0) is 10.0 Å². The van der Waals surface area contributed by atoms with E-state index in [1.165, 1.54) is 0 Å². The second-order valence-electron chi connectivity index (χ2n) is 2.62. The Morgan fingerprint density at radius 3 is 2.40 bits per heavy atom. The lowest BCUT2D eigenvalue weighted by Gasteiger charge is -2.07. The van der Waals surface area contributed by atoms with Gasteiger partial charge in [-0.05, 0) is 0 Å². The van der Waals surface area contributed by atoms with Crippen LogP contribution in [0.4, 0.5) is 14.6 Å². The molecule has 0 amide bonds. The third-order valence-electron chi connectivity index (χ3n) is 1.54. The van der Waals surface area contributed by atoms with Gasteiger partial charge in [-0.2, -0.15) is 0 Å². The maximum absolute atomic E-state index is 12.2. The average molecular weight is 239 g/mol. The monoisotopic (exact) mass is 239 g/mol. The summed E-state index contributed by atoms with van der Waals surface area (Å²) in [6, 6.07) is 0.541. The van der Waals surface area contributed by atoms with E-state index in [-0.39, 0.29) is 0 Å². The minimum atomic E-state index is -4.19. The highest BCUT2D eigenvalue weighted by atomic mass is 32.2. The number of sulfonamides is 1. The number of aromatic nitrogens is 1. The normalized spacial score (nSPS) is 12.0. The van der Waals surface area contributed by atoms with Gasteiger partial charge in [0.05, 0.1) is 0 Å². The minimum absolute atomic E-state index is 0.541. The summed E-state index contributed by atoms with van der Waals surface area (Å²) in [5.74, 6) is -1.64. The van der Waals surface area contributed by atoms with Crippen LogP contribution >= 0.6 is 0 Å². The van der Waals surface area contributed by atoms with Crippen molar-refractivity contribution in [1.82, 2.24) is 4.98 Å². The predicted octanol–water partition coefficient (Wildman–Crippen LogP) is -0.0456. The molecule has 0 saturated heterocycles. The van der Waals surface area contributed by atoms with Gasteiger partial charge in [-0.1, -0.05) is 0 Å². The van der Waals surface area contributed by atoms with E-state index in [0.717, 1.165) is 0 Å². The lowest BCUT2D eigenvalue weighted by atomic mass is 10.3. The fourth-order valence-corrected chi connectivity index (χ4v) is 1.52. The number of hydrogen-bond donors (Lipinski definition) is 3. The number of hydrogen-bond acceptors (Lipinski definition) is 5. The number of halogens is 2. The first-order chi connectivity index (χ1) is 6.73. The summed E-state index contributed by atoms with van der Waals surface area (Å²) in [6.07, 6.45) is -3.05. The second kappa shape index (κ2) is 3.59. The fourth-order valence-electron chi connectivity index (χ4n) is 0.903. The number of rotatable bonds is 2. The molecular weight excluding hydrogens is 232 g/mol. The van der Waals surface area contributed by atoms with Gasteiger partial charge in [0, 0.05) is 6.07 Å². The molecule has 5 N–H and O–H groups in total. The minimum Gasteiger partial charge on any atom is -0.506 e. The highest BCUT2D eigenvalue weighted by Gasteiger charge is 2.21. The van der Waals surface area contributed by atoms with Crippen LogP contribution in [0.1, 0.15) is 12.1 Å². The van der Waals surface area contributed by atoms with Gasteiger partial charge in [-0.25, -0.2) is 27.3 Å². The smallest absolute Gasteiger partial charge is 0.284 e. The van der Waals surface area contributed by atoms with Crippen molar-refractivity contribution < 1.29 is 22.3 Å². The van der Waals surface area contributed by atoms with E-state index in [0.29, 0.717) is 6.07 Å². The van der Waals surface area contributed by atoms with Crippen LogP contribution < -0.4 is 10.9 Å². The largest absolute Gasteiger partial charge is 0.506 e. The van der Waals surface area contributed by atoms with Crippen LogP contribution in [0, 0.1) is 0 Å². The molecule has 1 aromatic rings. The van der Waals surface area contributed by atoms with Crippen molar-refractivity contribution in [3.63, 3.8) is 0 Å². The van der Waals surface area contributed by atoms with E-state index in [2.05, 4.69) is 4.98 Å². The second-order valence-corrected chi connectivity index (χ2v) is 4.15. The van der Waals surface area contributed by atoms with Crippen molar-refractivity contribution in [2.45, 2.75) is 11.3 Å². The van der Waals surface area contributed by atoms with E-state index in [4.69, 9.17) is 16.0 Å². The number of anilines is 1. The molecule has 0 unspecified atom stereocenters. The first-order valence-corrected chi connectivity index (χ1v) is 5.08. The Kier molecular flexibility index (Phi) is 2.77. The number of aromatic hydroxyl groups is 1. The molecule has 0 aromatic carbocycles. The van der Waals surface area contributed by atoms with Crippen LogP contribution in [0.25, 0.3) is 0 Å². The maximum atomic E-state index is 12.2. The topological polar surface area (TPSA) is 119 Å². The Hall–Kier alpha value is -1.48. The van der Waals surface area contributed by atoms with E-state index < -0.39 is 38.6 Å². The van der Waals surface area contributed by atoms with E-state index in [1.54, 1.807) is 0 Å². The molecule has 0 atom stereocenters. The molecule has 1 heterocycles. The zero-order valence-corrected chi connectivity index (χ0v) is 8.00. The van der Waals surface area contributed by atoms with Crippen LogP contribution in [0.15, 0.2) is 11.0 Å². The molecule has 9 heteroatoms. The van der Waals surface area contributed by atoms with Gasteiger partial charge in [0.1, 0.15) is 16.5 Å². The number of nitrogens with zero attached hydrogens (tertiary/aromatic N) is 1. The van der Waals surface area contributed by atoms with Gasteiger partial charge < -0.3 is 10.8 Å². The fraction of sp³-hybridized carbons (Fsp3) is 0.167. The van der Waals surface area contributed by atoms with Crippen molar-refractivity contribution in [1.29, 1.82) is 0 Å². The predicted molar refractivity (Wildman–Crippen MR) is 46.6 cm³/mol. The molecule has 0 aliphatic heterocycles. The molecule has 0 aliphatic carbocycles. The Bertz CT molecular complexity index is 489. The van der Waals surface area contributed by atoms with Crippen molar-refractivity contribution in [2.24, 2.45) is 5.14 Å². The third-order valence-corrected chi connectivity index (χ3v) is 2.48. The molecule has 0 bridgehead atoms. The first kappa shape index (κ1) is 11.6. The molecule has 0 saturated carbocycles. The zero-order valence-electron chi connectivity index (χ0n) is 7.18. The van der Waals surface area contributed by atoms with Crippen LogP contribution in [0.3, 0.4) is 0 Å². The molecule has 84 valence electrons.